The summed E-state index contributed by atoms with van der Waals surface area (Å²) in [6, 6.07) is 9.33. The highest BCUT2D eigenvalue weighted by Crippen LogP contribution is 2.37. The minimum Gasteiger partial charge on any atom is -0.497 e. The van der Waals surface area contributed by atoms with Gasteiger partial charge in [0, 0.05) is 10.6 Å². The van der Waals surface area contributed by atoms with Crippen molar-refractivity contribution in [2.24, 2.45) is 0 Å². The molecule has 0 saturated heterocycles. The summed E-state index contributed by atoms with van der Waals surface area (Å²) in [6.07, 6.45) is 4.08. The van der Waals surface area contributed by atoms with Gasteiger partial charge in [0.15, 0.2) is 0 Å². The first-order chi connectivity index (χ1) is 14.5. The number of nitrogens with zero attached hydrogens (tertiary/aromatic N) is 2. The number of methoxy groups -OCH3 is 1. The van der Waals surface area contributed by atoms with E-state index in [2.05, 4.69) is 16.7 Å². The summed E-state index contributed by atoms with van der Waals surface area (Å²) >= 11 is 1.51. The number of amides is 2. The Balaban J connectivity index is 1.56. The van der Waals surface area contributed by atoms with E-state index >= 15 is 0 Å². The van der Waals surface area contributed by atoms with Gasteiger partial charge in [0.2, 0.25) is 11.8 Å². The smallest absolute Gasteiger partial charge is 0.239 e. The predicted octanol–water partition coefficient (Wildman–Crippen LogP) is 3.41. The molecule has 1 heterocycles. The van der Waals surface area contributed by atoms with E-state index in [9.17, 15) is 14.9 Å². The third-order valence-electron chi connectivity index (χ3n) is 5.09. The van der Waals surface area contributed by atoms with Gasteiger partial charge in [0.1, 0.15) is 16.8 Å². The fraction of sp³-hybridized carbons (Fsp3) is 0.409. The average molecular weight is 427 g/mol. The number of likely N-dealkylation sites (N-methyl/N-ethyl adjacent to an activating group) is 1. The van der Waals surface area contributed by atoms with E-state index in [-0.39, 0.29) is 24.9 Å². The van der Waals surface area contributed by atoms with Gasteiger partial charge in [-0.2, -0.15) is 5.26 Å². The highest BCUT2D eigenvalue weighted by Gasteiger charge is 2.22. The van der Waals surface area contributed by atoms with E-state index in [1.807, 2.05) is 6.92 Å². The number of anilines is 2. The number of ether oxygens (including phenoxy) is 1. The first-order valence-electron chi connectivity index (χ1n) is 10.0. The molecule has 158 valence electrons. The molecule has 0 aliphatic heterocycles. The Hall–Kier alpha value is -2.89. The van der Waals surface area contributed by atoms with E-state index in [0.29, 0.717) is 28.5 Å². The van der Waals surface area contributed by atoms with Gasteiger partial charge in [-0.05, 0) is 62.1 Å². The fourth-order valence-electron chi connectivity index (χ4n) is 3.50. The van der Waals surface area contributed by atoms with Crippen LogP contribution in [0.15, 0.2) is 24.3 Å². The summed E-state index contributed by atoms with van der Waals surface area (Å²) < 4.78 is 5.11. The third kappa shape index (κ3) is 5.38. The number of carbonyl (C=O) groups is 2. The molecule has 2 N–H and O–H groups in total. The maximum absolute atomic E-state index is 12.6. The fourth-order valence-corrected chi connectivity index (χ4v) is 4.75. The molecule has 2 aromatic rings. The molecule has 0 radical (unpaired) electrons. The second-order valence-electron chi connectivity index (χ2n) is 7.15. The Bertz CT molecular complexity index is 947. The zero-order chi connectivity index (χ0) is 21.5. The number of aryl methyl sites for hydroxylation is 1. The molecule has 30 heavy (non-hydrogen) atoms. The van der Waals surface area contributed by atoms with Crippen molar-refractivity contribution in [1.29, 1.82) is 5.26 Å². The van der Waals surface area contributed by atoms with Gasteiger partial charge in [0.25, 0.3) is 0 Å². The van der Waals surface area contributed by atoms with Crippen molar-refractivity contribution in [3.63, 3.8) is 0 Å². The van der Waals surface area contributed by atoms with Crippen LogP contribution in [0.1, 0.15) is 35.8 Å². The number of carbonyl (C=O) groups excluding carboxylic acids is 2. The van der Waals surface area contributed by atoms with E-state index in [1.54, 1.807) is 36.3 Å². The van der Waals surface area contributed by atoms with Crippen LogP contribution in [0.3, 0.4) is 0 Å². The maximum Gasteiger partial charge on any atom is 0.239 e. The van der Waals surface area contributed by atoms with Crippen LogP contribution in [-0.2, 0) is 22.4 Å². The topological polar surface area (TPSA) is 94.5 Å². The summed E-state index contributed by atoms with van der Waals surface area (Å²) in [7, 11) is 1.59. The van der Waals surface area contributed by atoms with Gasteiger partial charge in [0.05, 0.1) is 25.8 Å². The molecule has 0 saturated carbocycles. The van der Waals surface area contributed by atoms with E-state index in [1.165, 1.54) is 16.2 Å². The quantitative estimate of drug-likeness (QED) is 0.675. The molecule has 8 heteroatoms. The molecule has 3 rings (SSSR count). The lowest BCUT2D eigenvalue weighted by Crippen LogP contribution is -2.38. The molecular formula is C22H26N4O3S. The van der Waals surface area contributed by atoms with Crippen molar-refractivity contribution in [2.45, 2.75) is 32.6 Å². The Kier molecular flexibility index (Phi) is 7.44. The number of nitriles is 1. The molecule has 0 fully saturated rings. The molecule has 7 nitrogen and oxygen atoms in total. The molecule has 2 amide bonds. The molecular weight excluding hydrogens is 400 g/mol. The van der Waals surface area contributed by atoms with Crippen LogP contribution < -0.4 is 15.4 Å². The van der Waals surface area contributed by atoms with Gasteiger partial charge in [-0.15, -0.1) is 11.3 Å². The SMILES string of the molecule is CCN(CC(=O)Nc1ccc(OC)cc1)CC(=O)Nc1sc2c(c1C#N)CCCC2. The highest BCUT2D eigenvalue weighted by atomic mass is 32.1. The average Bonchev–Trinajstić information content (AvgIpc) is 3.10. The van der Waals surface area contributed by atoms with Crippen LogP contribution >= 0.6 is 11.3 Å². The van der Waals surface area contributed by atoms with Crippen LogP contribution in [0.5, 0.6) is 5.75 Å². The summed E-state index contributed by atoms with van der Waals surface area (Å²) in [4.78, 5) is 27.9. The van der Waals surface area contributed by atoms with Crippen LogP contribution in [-0.4, -0.2) is 43.5 Å². The van der Waals surface area contributed by atoms with Gasteiger partial charge in [-0.25, -0.2) is 0 Å². The second kappa shape index (κ2) is 10.2. The molecule has 0 bridgehead atoms. The van der Waals surface area contributed by atoms with Gasteiger partial charge in [-0.3, -0.25) is 14.5 Å². The number of fused-ring (bicyclic) bond motifs is 1. The zero-order valence-electron chi connectivity index (χ0n) is 17.3. The summed E-state index contributed by atoms with van der Waals surface area (Å²) in [5.41, 5.74) is 2.36. The molecule has 1 aromatic carbocycles. The molecule has 1 aromatic heterocycles. The minimum absolute atomic E-state index is 0.0833. The number of rotatable bonds is 8. The summed E-state index contributed by atoms with van der Waals surface area (Å²) in [6.45, 7) is 2.63. The zero-order valence-corrected chi connectivity index (χ0v) is 18.1. The summed E-state index contributed by atoms with van der Waals surface area (Å²) in [5, 5.41) is 15.9. The number of hydrogen-bond donors (Lipinski definition) is 2. The van der Waals surface area contributed by atoms with Crippen LogP contribution in [0.4, 0.5) is 10.7 Å². The van der Waals surface area contributed by atoms with E-state index < -0.39 is 0 Å². The van der Waals surface area contributed by atoms with Crippen LogP contribution in [0.25, 0.3) is 0 Å². The minimum atomic E-state index is -0.218. The van der Waals surface area contributed by atoms with Gasteiger partial charge < -0.3 is 15.4 Å². The number of nitrogens with one attached hydrogen (secondary N) is 2. The lowest BCUT2D eigenvalue weighted by Gasteiger charge is -2.19. The van der Waals surface area contributed by atoms with Crippen LogP contribution in [0, 0.1) is 11.3 Å². The standard InChI is InChI=1S/C22H26N4O3S/c1-3-26(13-20(27)24-15-8-10-16(29-2)11-9-15)14-21(28)25-22-18(12-23)17-6-4-5-7-19(17)30-22/h8-11H,3-7,13-14H2,1-2H3,(H,24,27)(H,25,28). The van der Waals surface area contributed by atoms with Crippen molar-refractivity contribution in [1.82, 2.24) is 4.90 Å². The number of hydrogen-bond acceptors (Lipinski definition) is 6. The van der Waals surface area contributed by atoms with Gasteiger partial charge >= 0.3 is 0 Å². The molecule has 1 aliphatic carbocycles. The normalized spacial score (nSPS) is 12.7. The number of thiophene rings is 1. The van der Waals surface area contributed by atoms with E-state index in [4.69, 9.17) is 4.74 Å². The van der Waals surface area contributed by atoms with Crippen molar-refractivity contribution >= 4 is 33.8 Å². The third-order valence-corrected chi connectivity index (χ3v) is 6.30. The van der Waals surface area contributed by atoms with Crippen molar-refractivity contribution < 1.29 is 14.3 Å². The molecule has 0 spiro atoms. The number of benzene rings is 1. The Morgan fingerprint density at radius 2 is 1.80 bits per heavy atom. The first-order valence-corrected chi connectivity index (χ1v) is 10.9. The maximum atomic E-state index is 12.6. The van der Waals surface area contributed by atoms with Gasteiger partial charge in [-0.1, -0.05) is 6.92 Å². The van der Waals surface area contributed by atoms with Crippen molar-refractivity contribution in [2.75, 3.05) is 37.4 Å². The lowest BCUT2D eigenvalue weighted by atomic mass is 9.96. The first kappa shape index (κ1) is 21.8. The monoisotopic (exact) mass is 426 g/mol. The van der Waals surface area contributed by atoms with Crippen molar-refractivity contribution in [3.05, 3.63) is 40.3 Å². The van der Waals surface area contributed by atoms with E-state index in [0.717, 1.165) is 31.2 Å². The Morgan fingerprint density at radius 3 is 2.43 bits per heavy atom. The molecule has 0 atom stereocenters. The Labute approximate surface area is 180 Å². The molecule has 1 aliphatic rings. The predicted molar refractivity (Wildman–Crippen MR) is 118 cm³/mol. The van der Waals surface area contributed by atoms with Crippen LogP contribution in [0.2, 0.25) is 0 Å². The lowest BCUT2D eigenvalue weighted by molar-refractivity contribution is -0.119. The molecule has 0 unspecified atom stereocenters. The van der Waals surface area contributed by atoms with Crippen molar-refractivity contribution in [3.8, 4) is 11.8 Å². The Morgan fingerprint density at radius 1 is 1.13 bits per heavy atom. The summed E-state index contributed by atoms with van der Waals surface area (Å²) in [5.74, 6) is 0.301. The highest BCUT2D eigenvalue weighted by molar-refractivity contribution is 7.16. The largest absolute Gasteiger partial charge is 0.497 e. The second-order valence-corrected chi connectivity index (χ2v) is 8.26.